The highest BCUT2D eigenvalue weighted by atomic mass is 79.9. The number of halogens is 3. The van der Waals surface area contributed by atoms with Crippen LogP contribution >= 0.6 is 27.5 Å². The predicted molar refractivity (Wildman–Crippen MR) is 111 cm³/mol. The molecule has 0 bridgehead atoms. The van der Waals surface area contributed by atoms with Crippen LogP contribution in [0.25, 0.3) is 6.08 Å². The fourth-order valence-electron chi connectivity index (χ4n) is 3.25. The van der Waals surface area contributed by atoms with Crippen LogP contribution in [-0.2, 0) is 11.3 Å². The molecule has 2 aromatic rings. The first-order valence-electron chi connectivity index (χ1n) is 8.83. The maximum Gasteiger partial charge on any atom is 0.246 e. The highest BCUT2D eigenvalue weighted by Gasteiger charge is 2.26. The first-order valence-corrected chi connectivity index (χ1v) is 10.00. The predicted octanol–water partition coefficient (Wildman–Crippen LogP) is 4.99. The van der Waals surface area contributed by atoms with Crippen molar-refractivity contribution in [2.45, 2.75) is 19.5 Å². The topological polar surface area (TPSA) is 23.6 Å². The number of piperazine rings is 1. The molecule has 3 nitrogen and oxygen atoms in total. The fraction of sp³-hybridized carbons (Fsp3) is 0.286. The van der Waals surface area contributed by atoms with E-state index >= 15 is 0 Å². The van der Waals surface area contributed by atoms with Crippen LogP contribution in [0, 0.1) is 5.82 Å². The number of carbonyl (C=O) groups excluding carboxylic acids is 1. The van der Waals surface area contributed by atoms with Gasteiger partial charge in [-0.15, -0.1) is 0 Å². The molecular formula is C21H21BrClFN2O. The summed E-state index contributed by atoms with van der Waals surface area (Å²) in [5, 5.41) is 0.649. The lowest BCUT2D eigenvalue weighted by Gasteiger charge is -2.39. The third-order valence-corrected chi connectivity index (χ3v) is 5.60. The lowest BCUT2D eigenvalue weighted by molar-refractivity contribution is -0.130. The zero-order chi connectivity index (χ0) is 19.4. The van der Waals surface area contributed by atoms with E-state index in [4.69, 9.17) is 11.6 Å². The summed E-state index contributed by atoms with van der Waals surface area (Å²) in [5.41, 5.74) is 1.99. The lowest BCUT2D eigenvalue weighted by atomic mass is 10.1. The molecule has 27 heavy (non-hydrogen) atoms. The van der Waals surface area contributed by atoms with E-state index in [1.165, 1.54) is 12.1 Å². The third-order valence-electron chi connectivity index (χ3n) is 4.68. The Morgan fingerprint density at radius 3 is 2.67 bits per heavy atom. The van der Waals surface area contributed by atoms with Crippen LogP contribution in [0.5, 0.6) is 0 Å². The Hall–Kier alpha value is -1.69. The molecule has 1 fully saturated rings. The molecule has 142 valence electrons. The van der Waals surface area contributed by atoms with Crippen LogP contribution in [0.3, 0.4) is 0 Å². The molecule has 1 aliphatic rings. The summed E-state index contributed by atoms with van der Waals surface area (Å²) in [4.78, 5) is 16.8. The molecule has 0 unspecified atom stereocenters. The number of rotatable bonds is 4. The van der Waals surface area contributed by atoms with Gasteiger partial charge in [0, 0.05) is 47.8 Å². The van der Waals surface area contributed by atoms with Gasteiger partial charge in [0.05, 0.1) is 0 Å². The molecule has 1 saturated heterocycles. The number of hydrogen-bond acceptors (Lipinski definition) is 2. The summed E-state index contributed by atoms with van der Waals surface area (Å²) in [6.07, 6.45) is 3.42. The number of nitrogens with zero attached hydrogens (tertiary/aromatic N) is 2. The Balaban J connectivity index is 1.57. The van der Waals surface area contributed by atoms with Crippen molar-refractivity contribution in [1.29, 1.82) is 0 Å². The highest BCUT2D eigenvalue weighted by Crippen LogP contribution is 2.23. The van der Waals surface area contributed by atoms with E-state index in [2.05, 4.69) is 27.8 Å². The third kappa shape index (κ3) is 5.41. The Morgan fingerprint density at radius 1 is 1.26 bits per heavy atom. The zero-order valence-electron chi connectivity index (χ0n) is 15.0. The van der Waals surface area contributed by atoms with Gasteiger partial charge in [-0.2, -0.15) is 0 Å². The van der Waals surface area contributed by atoms with E-state index in [1.54, 1.807) is 18.2 Å². The van der Waals surface area contributed by atoms with Gasteiger partial charge in [-0.3, -0.25) is 9.69 Å². The minimum atomic E-state index is -0.221. The molecule has 0 spiro atoms. The smallest absolute Gasteiger partial charge is 0.246 e. The van der Waals surface area contributed by atoms with Crippen molar-refractivity contribution in [2.75, 3.05) is 19.6 Å². The Kier molecular flexibility index (Phi) is 6.68. The van der Waals surface area contributed by atoms with Crippen molar-refractivity contribution in [3.8, 4) is 0 Å². The van der Waals surface area contributed by atoms with Crippen molar-refractivity contribution in [1.82, 2.24) is 9.80 Å². The number of carbonyl (C=O) groups is 1. The van der Waals surface area contributed by atoms with E-state index < -0.39 is 0 Å². The molecule has 1 aliphatic heterocycles. The quantitative estimate of drug-likeness (QED) is 0.612. The van der Waals surface area contributed by atoms with E-state index in [1.807, 2.05) is 29.2 Å². The number of benzene rings is 2. The average Bonchev–Trinajstić information content (AvgIpc) is 2.63. The second-order valence-electron chi connectivity index (χ2n) is 6.74. The van der Waals surface area contributed by atoms with Crippen LogP contribution in [0.15, 0.2) is 53.0 Å². The average molecular weight is 452 g/mol. The SMILES string of the molecule is C[C@@H]1CN(Cc2ccc(F)cc2)CCN1C(=O)/C=C/c1ccc(Cl)cc1Br. The highest BCUT2D eigenvalue weighted by molar-refractivity contribution is 9.10. The monoisotopic (exact) mass is 450 g/mol. The summed E-state index contributed by atoms with van der Waals surface area (Å²) < 4.78 is 13.9. The maximum absolute atomic E-state index is 13.0. The minimum absolute atomic E-state index is 0.00535. The van der Waals surface area contributed by atoms with Gasteiger partial charge in [0.25, 0.3) is 0 Å². The Labute approximate surface area is 172 Å². The van der Waals surface area contributed by atoms with Gasteiger partial charge in [0.15, 0.2) is 0 Å². The van der Waals surface area contributed by atoms with E-state index in [0.717, 1.165) is 35.2 Å². The minimum Gasteiger partial charge on any atom is -0.334 e. The van der Waals surface area contributed by atoms with Gasteiger partial charge in [-0.05, 0) is 48.4 Å². The summed E-state index contributed by atoms with van der Waals surface area (Å²) in [6.45, 7) is 5.09. The van der Waals surface area contributed by atoms with Crippen LogP contribution in [0.4, 0.5) is 4.39 Å². The second-order valence-corrected chi connectivity index (χ2v) is 8.03. The van der Waals surface area contributed by atoms with E-state index in [9.17, 15) is 9.18 Å². The first-order chi connectivity index (χ1) is 12.9. The van der Waals surface area contributed by atoms with Crippen molar-refractivity contribution >= 4 is 39.5 Å². The lowest BCUT2D eigenvalue weighted by Crippen LogP contribution is -2.53. The second kappa shape index (κ2) is 9.00. The van der Waals surface area contributed by atoms with Crippen LogP contribution < -0.4 is 0 Å². The van der Waals surface area contributed by atoms with Gasteiger partial charge in [-0.1, -0.05) is 45.7 Å². The van der Waals surface area contributed by atoms with Crippen molar-refractivity contribution < 1.29 is 9.18 Å². The molecule has 2 aromatic carbocycles. The maximum atomic E-state index is 13.0. The van der Waals surface area contributed by atoms with Crippen molar-refractivity contribution in [2.24, 2.45) is 0 Å². The number of amides is 1. The Morgan fingerprint density at radius 2 is 2.00 bits per heavy atom. The number of hydrogen-bond donors (Lipinski definition) is 0. The molecule has 0 aromatic heterocycles. The zero-order valence-corrected chi connectivity index (χ0v) is 17.4. The van der Waals surface area contributed by atoms with Gasteiger partial charge in [0.1, 0.15) is 5.82 Å². The normalized spacial score (nSPS) is 18.2. The van der Waals surface area contributed by atoms with Crippen molar-refractivity contribution in [3.05, 3.63) is 75.0 Å². The molecule has 3 rings (SSSR count). The fourth-order valence-corrected chi connectivity index (χ4v) is 4.06. The molecule has 0 N–H and O–H groups in total. The molecule has 0 aliphatic carbocycles. The molecular weight excluding hydrogens is 431 g/mol. The molecule has 6 heteroatoms. The van der Waals surface area contributed by atoms with Crippen molar-refractivity contribution in [3.63, 3.8) is 0 Å². The van der Waals surface area contributed by atoms with Gasteiger partial charge in [-0.25, -0.2) is 4.39 Å². The molecule has 0 radical (unpaired) electrons. The molecule has 1 heterocycles. The van der Waals surface area contributed by atoms with E-state index in [0.29, 0.717) is 11.6 Å². The largest absolute Gasteiger partial charge is 0.334 e. The summed E-state index contributed by atoms with van der Waals surface area (Å²) in [6, 6.07) is 12.2. The molecule has 1 amide bonds. The van der Waals surface area contributed by atoms with Crippen LogP contribution in [0.2, 0.25) is 5.02 Å². The van der Waals surface area contributed by atoms with E-state index in [-0.39, 0.29) is 17.8 Å². The Bertz CT molecular complexity index is 841. The standard InChI is InChI=1S/C21H21BrClFN2O/c1-15-13-25(14-16-2-7-19(24)8-3-16)10-11-26(15)21(27)9-5-17-4-6-18(23)12-20(17)22/h2-9,12,15H,10-11,13-14H2,1H3/b9-5+/t15-/m1/s1. The summed E-state index contributed by atoms with van der Waals surface area (Å²) in [7, 11) is 0. The van der Waals surface area contributed by atoms with Gasteiger partial charge < -0.3 is 4.90 Å². The van der Waals surface area contributed by atoms with Crippen LogP contribution in [0.1, 0.15) is 18.1 Å². The first kappa shape index (κ1) is 20.1. The van der Waals surface area contributed by atoms with Crippen LogP contribution in [-0.4, -0.2) is 41.4 Å². The molecule has 1 atom stereocenters. The summed E-state index contributed by atoms with van der Waals surface area (Å²) in [5.74, 6) is -0.215. The summed E-state index contributed by atoms with van der Waals surface area (Å²) >= 11 is 9.41. The molecule has 0 saturated carbocycles. The van der Waals surface area contributed by atoms with Gasteiger partial charge >= 0.3 is 0 Å². The van der Waals surface area contributed by atoms with Gasteiger partial charge in [0.2, 0.25) is 5.91 Å².